The summed E-state index contributed by atoms with van der Waals surface area (Å²) in [6, 6.07) is 6.35. The predicted molar refractivity (Wildman–Crippen MR) is 104 cm³/mol. The van der Waals surface area contributed by atoms with Crippen LogP contribution in [0.25, 0.3) is 0 Å². The summed E-state index contributed by atoms with van der Waals surface area (Å²) in [5.41, 5.74) is 1.41. The molecule has 0 N–H and O–H groups in total. The minimum absolute atomic E-state index is 0.0114. The summed E-state index contributed by atoms with van der Waals surface area (Å²) in [6.45, 7) is 2.65. The van der Waals surface area contributed by atoms with Gasteiger partial charge in [0.05, 0.1) is 21.5 Å². The van der Waals surface area contributed by atoms with Crippen molar-refractivity contribution in [2.45, 2.75) is 30.7 Å². The number of carbonyl (C=O) groups is 1. The molecule has 1 atom stereocenters. The fourth-order valence-corrected chi connectivity index (χ4v) is 5.33. The third-order valence-corrected chi connectivity index (χ3v) is 7.83. The summed E-state index contributed by atoms with van der Waals surface area (Å²) in [5.74, 6) is -0.227. The number of nitrogens with zero attached hydrogens (tertiary/aromatic N) is 2. The topological polar surface area (TPSA) is 57.7 Å². The molecule has 5 nitrogen and oxygen atoms in total. The molecule has 1 aliphatic rings. The Kier molecular flexibility index (Phi) is 5.44. The molecule has 0 unspecified atom stereocenters. The van der Waals surface area contributed by atoms with E-state index in [0.717, 1.165) is 17.1 Å². The largest absolute Gasteiger partial charge is 0.331 e. The normalized spacial score (nSPS) is 17.4. The van der Waals surface area contributed by atoms with Gasteiger partial charge < -0.3 is 4.90 Å². The first kappa shape index (κ1) is 19.4. The second-order valence-corrected chi connectivity index (χ2v) is 9.96. The van der Waals surface area contributed by atoms with Crippen molar-refractivity contribution < 1.29 is 13.2 Å². The molecule has 0 saturated carbocycles. The van der Waals surface area contributed by atoms with E-state index < -0.39 is 10.0 Å². The van der Waals surface area contributed by atoms with Crippen LogP contribution in [0.3, 0.4) is 0 Å². The number of thiophene rings is 1. The molecule has 0 aliphatic carbocycles. The molecule has 1 aromatic carbocycles. The van der Waals surface area contributed by atoms with Crippen LogP contribution < -0.4 is 0 Å². The standard InChI is InChI=1S/C18H21ClN2O3S2/c1-4-16-13-8-10-25-17(13)7-9-21(16)18(22)14-11-12(5-6-15(14)19)26(23,24)20(2)3/h5-6,8,10-11,16H,4,7,9H2,1-3H3/t16-/m1/s1. The lowest BCUT2D eigenvalue weighted by atomic mass is 9.97. The molecule has 0 spiro atoms. The summed E-state index contributed by atoms with van der Waals surface area (Å²) in [6.07, 6.45) is 1.60. The molecule has 26 heavy (non-hydrogen) atoms. The third kappa shape index (κ3) is 3.29. The first-order valence-corrected chi connectivity index (χ1v) is 11.1. The summed E-state index contributed by atoms with van der Waals surface area (Å²) >= 11 is 7.97. The Balaban J connectivity index is 2.00. The van der Waals surface area contributed by atoms with Gasteiger partial charge in [0.15, 0.2) is 0 Å². The molecule has 0 fully saturated rings. The number of amides is 1. The van der Waals surface area contributed by atoms with Gasteiger partial charge in [0.2, 0.25) is 10.0 Å². The van der Waals surface area contributed by atoms with E-state index in [9.17, 15) is 13.2 Å². The molecular weight excluding hydrogens is 392 g/mol. The van der Waals surface area contributed by atoms with Gasteiger partial charge in [-0.1, -0.05) is 18.5 Å². The zero-order chi connectivity index (χ0) is 19.1. The van der Waals surface area contributed by atoms with Crippen molar-refractivity contribution in [2.24, 2.45) is 0 Å². The Morgan fingerprint density at radius 1 is 1.35 bits per heavy atom. The van der Waals surface area contributed by atoms with Crippen LogP contribution in [0.15, 0.2) is 34.5 Å². The minimum Gasteiger partial charge on any atom is -0.331 e. The van der Waals surface area contributed by atoms with Crippen LogP contribution in [0.1, 0.15) is 40.2 Å². The summed E-state index contributed by atoms with van der Waals surface area (Å²) in [4.78, 5) is 16.4. The SMILES string of the molecule is CC[C@@H]1c2ccsc2CCN1C(=O)c1cc(S(=O)(=O)N(C)C)ccc1Cl. The molecular formula is C18H21ClN2O3S2. The highest BCUT2D eigenvalue weighted by molar-refractivity contribution is 7.89. The van der Waals surface area contributed by atoms with Gasteiger partial charge in [-0.05, 0) is 48.1 Å². The lowest BCUT2D eigenvalue weighted by Crippen LogP contribution is -2.39. The molecule has 3 rings (SSSR count). The lowest BCUT2D eigenvalue weighted by molar-refractivity contribution is 0.0657. The van der Waals surface area contributed by atoms with Crippen molar-refractivity contribution in [1.29, 1.82) is 0 Å². The van der Waals surface area contributed by atoms with Gasteiger partial charge in [0.1, 0.15) is 0 Å². The van der Waals surface area contributed by atoms with Crippen molar-refractivity contribution >= 4 is 38.9 Å². The van der Waals surface area contributed by atoms with Crippen LogP contribution in [0.4, 0.5) is 0 Å². The van der Waals surface area contributed by atoms with Crippen LogP contribution in [0, 0.1) is 0 Å². The highest BCUT2D eigenvalue weighted by Gasteiger charge is 2.32. The average Bonchev–Trinajstić information content (AvgIpc) is 3.09. The highest BCUT2D eigenvalue weighted by Crippen LogP contribution is 2.37. The van der Waals surface area contributed by atoms with E-state index in [2.05, 4.69) is 11.4 Å². The minimum atomic E-state index is -3.63. The second-order valence-electron chi connectivity index (χ2n) is 6.40. The van der Waals surface area contributed by atoms with E-state index in [1.54, 1.807) is 11.3 Å². The number of sulfonamides is 1. The molecule has 1 aliphatic heterocycles. The maximum Gasteiger partial charge on any atom is 0.255 e. The summed E-state index contributed by atoms with van der Waals surface area (Å²) in [7, 11) is -0.714. The lowest BCUT2D eigenvalue weighted by Gasteiger charge is -2.35. The first-order chi connectivity index (χ1) is 12.3. The summed E-state index contributed by atoms with van der Waals surface area (Å²) < 4.78 is 25.9. The van der Waals surface area contributed by atoms with Crippen LogP contribution >= 0.6 is 22.9 Å². The highest BCUT2D eigenvalue weighted by atomic mass is 35.5. The van der Waals surface area contributed by atoms with E-state index in [0.29, 0.717) is 6.54 Å². The molecule has 2 aromatic rings. The van der Waals surface area contributed by atoms with Crippen LogP contribution in [-0.2, 0) is 16.4 Å². The van der Waals surface area contributed by atoms with Gasteiger partial charge in [-0.3, -0.25) is 4.79 Å². The van der Waals surface area contributed by atoms with Crippen LogP contribution in [0.2, 0.25) is 5.02 Å². The third-order valence-electron chi connectivity index (χ3n) is 4.69. The number of halogens is 1. The van der Waals surface area contributed by atoms with Gasteiger partial charge in [-0.15, -0.1) is 11.3 Å². The Hall–Kier alpha value is -1.41. The molecule has 1 amide bonds. The van der Waals surface area contributed by atoms with Crippen LogP contribution in [0.5, 0.6) is 0 Å². The number of hydrogen-bond donors (Lipinski definition) is 0. The summed E-state index contributed by atoms with van der Waals surface area (Å²) in [5, 5.41) is 2.32. The van der Waals surface area contributed by atoms with Crippen molar-refractivity contribution in [3.05, 3.63) is 50.7 Å². The maximum atomic E-state index is 13.2. The van der Waals surface area contributed by atoms with E-state index in [-0.39, 0.29) is 27.4 Å². The maximum absolute atomic E-state index is 13.2. The number of fused-ring (bicyclic) bond motifs is 1. The van der Waals surface area contributed by atoms with Crippen molar-refractivity contribution in [3.8, 4) is 0 Å². The Bertz CT molecular complexity index is 938. The molecule has 0 saturated heterocycles. The van der Waals surface area contributed by atoms with Gasteiger partial charge in [-0.25, -0.2) is 12.7 Å². The quantitative estimate of drug-likeness (QED) is 0.767. The van der Waals surface area contributed by atoms with Gasteiger partial charge in [0.25, 0.3) is 5.91 Å². The zero-order valence-electron chi connectivity index (χ0n) is 14.9. The Labute approximate surface area is 163 Å². The van der Waals surface area contributed by atoms with E-state index in [4.69, 9.17) is 11.6 Å². The fraction of sp³-hybridized carbons (Fsp3) is 0.389. The van der Waals surface area contributed by atoms with E-state index in [1.165, 1.54) is 42.7 Å². The number of carbonyl (C=O) groups excluding carboxylic acids is 1. The Morgan fingerprint density at radius 2 is 2.08 bits per heavy atom. The molecule has 0 radical (unpaired) electrons. The molecule has 8 heteroatoms. The van der Waals surface area contributed by atoms with E-state index >= 15 is 0 Å². The van der Waals surface area contributed by atoms with Crippen LogP contribution in [-0.4, -0.2) is 44.2 Å². The molecule has 0 bridgehead atoms. The average molecular weight is 413 g/mol. The Morgan fingerprint density at radius 3 is 2.73 bits per heavy atom. The number of hydrogen-bond acceptors (Lipinski definition) is 4. The predicted octanol–water partition coefficient (Wildman–Crippen LogP) is 3.80. The monoisotopic (exact) mass is 412 g/mol. The number of benzene rings is 1. The van der Waals surface area contributed by atoms with E-state index in [1.807, 2.05) is 11.8 Å². The molecule has 1 aromatic heterocycles. The fourth-order valence-electron chi connectivity index (χ4n) is 3.27. The van der Waals surface area contributed by atoms with Crippen molar-refractivity contribution in [3.63, 3.8) is 0 Å². The smallest absolute Gasteiger partial charge is 0.255 e. The molecule has 140 valence electrons. The zero-order valence-corrected chi connectivity index (χ0v) is 17.3. The second kappa shape index (κ2) is 7.31. The van der Waals surface area contributed by atoms with Crippen molar-refractivity contribution in [2.75, 3.05) is 20.6 Å². The molecule has 2 heterocycles. The number of rotatable bonds is 4. The first-order valence-electron chi connectivity index (χ1n) is 8.36. The van der Waals surface area contributed by atoms with Gasteiger partial charge >= 0.3 is 0 Å². The van der Waals surface area contributed by atoms with Gasteiger partial charge in [-0.2, -0.15) is 0 Å². The van der Waals surface area contributed by atoms with Crippen molar-refractivity contribution in [1.82, 2.24) is 9.21 Å². The van der Waals surface area contributed by atoms with Gasteiger partial charge in [0, 0.05) is 25.5 Å².